The van der Waals surface area contributed by atoms with E-state index in [4.69, 9.17) is 9.26 Å². The number of amides is 1. The molecule has 1 heterocycles. The molecule has 0 atom stereocenters. The predicted octanol–water partition coefficient (Wildman–Crippen LogP) is 2.14. The number of nitrogens with zero attached hydrogens (tertiary/aromatic N) is 2. The van der Waals surface area contributed by atoms with Gasteiger partial charge in [0.15, 0.2) is 5.76 Å². The van der Waals surface area contributed by atoms with Crippen molar-refractivity contribution in [2.75, 3.05) is 7.11 Å². The van der Waals surface area contributed by atoms with E-state index in [1.165, 1.54) is 19.2 Å². The van der Waals surface area contributed by atoms with Crippen molar-refractivity contribution in [2.45, 2.75) is 20.4 Å². The fraction of sp³-hybridized carbons (Fsp3) is 0.286. The zero-order valence-electron chi connectivity index (χ0n) is 12.4. The van der Waals surface area contributed by atoms with E-state index in [-0.39, 0.29) is 23.5 Å². The highest BCUT2D eigenvalue weighted by Crippen LogP contribution is 2.29. The van der Waals surface area contributed by atoms with E-state index in [0.29, 0.717) is 17.0 Å². The minimum atomic E-state index is -0.547. The largest absolute Gasteiger partial charge is 0.496 e. The van der Waals surface area contributed by atoms with Crippen LogP contribution in [-0.4, -0.2) is 23.1 Å². The number of aryl methyl sites for hydroxylation is 1. The lowest BCUT2D eigenvalue weighted by atomic mass is 10.1. The normalized spacial score (nSPS) is 10.3. The van der Waals surface area contributed by atoms with Crippen LogP contribution in [0, 0.1) is 24.0 Å². The van der Waals surface area contributed by atoms with Gasteiger partial charge in [0.2, 0.25) is 0 Å². The molecule has 1 amide bonds. The number of hydrogen-bond acceptors (Lipinski definition) is 6. The van der Waals surface area contributed by atoms with Gasteiger partial charge in [0.1, 0.15) is 5.75 Å². The van der Waals surface area contributed by atoms with Gasteiger partial charge in [0.25, 0.3) is 11.6 Å². The molecule has 0 radical (unpaired) electrons. The van der Waals surface area contributed by atoms with Gasteiger partial charge in [-0.2, -0.15) is 0 Å². The van der Waals surface area contributed by atoms with E-state index in [0.717, 1.165) is 0 Å². The molecule has 2 aromatic rings. The van der Waals surface area contributed by atoms with Crippen molar-refractivity contribution in [3.63, 3.8) is 0 Å². The lowest BCUT2D eigenvalue weighted by Gasteiger charge is -2.08. The third-order valence-corrected chi connectivity index (χ3v) is 3.11. The van der Waals surface area contributed by atoms with Crippen LogP contribution in [0.3, 0.4) is 0 Å². The Balaban J connectivity index is 2.21. The molecule has 1 aromatic heterocycles. The van der Waals surface area contributed by atoms with Crippen LogP contribution in [-0.2, 0) is 6.54 Å². The van der Waals surface area contributed by atoms with Crippen molar-refractivity contribution in [1.29, 1.82) is 0 Å². The number of carbonyl (C=O) groups excluding carboxylic acids is 1. The maximum atomic E-state index is 12.1. The average molecular weight is 305 g/mol. The SMILES string of the molecule is COc1cc(C(=O)NCc2cc(C)no2)cc([N+](=O)[O-])c1C. The minimum Gasteiger partial charge on any atom is -0.496 e. The standard InChI is InChI=1S/C14H15N3O5/c1-8-4-11(22-16-8)7-15-14(18)10-5-12(17(19)20)9(2)13(6-10)21-3/h4-6H,7H2,1-3H3,(H,15,18). The molecule has 8 heteroatoms. The third kappa shape index (κ3) is 3.22. The maximum absolute atomic E-state index is 12.1. The topological polar surface area (TPSA) is 108 Å². The van der Waals surface area contributed by atoms with E-state index in [2.05, 4.69) is 10.5 Å². The van der Waals surface area contributed by atoms with Gasteiger partial charge in [-0.15, -0.1) is 0 Å². The van der Waals surface area contributed by atoms with Crippen molar-refractivity contribution in [3.8, 4) is 5.75 Å². The summed E-state index contributed by atoms with van der Waals surface area (Å²) in [6, 6.07) is 4.38. The molecule has 0 spiro atoms. The molecular weight excluding hydrogens is 290 g/mol. The first-order valence-corrected chi connectivity index (χ1v) is 6.45. The number of methoxy groups -OCH3 is 1. The van der Waals surface area contributed by atoms with Gasteiger partial charge >= 0.3 is 0 Å². The molecule has 1 aromatic carbocycles. The van der Waals surface area contributed by atoms with Crippen LogP contribution in [0.1, 0.15) is 27.4 Å². The number of carbonyl (C=O) groups is 1. The Morgan fingerprint density at radius 3 is 2.68 bits per heavy atom. The van der Waals surface area contributed by atoms with E-state index in [1.807, 2.05) is 0 Å². The van der Waals surface area contributed by atoms with Gasteiger partial charge in [-0.1, -0.05) is 5.16 Å². The Hall–Kier alpha value is -2.90. The molecule has 22 heavy (non-hydrogen) atoms. The second-order valence-corrected chi connectivity index (χ2v) is 4.70. The lowest BCUT2D eigenvalue weighted by Crippen LogP contribution is -2.22. The Bertz CT molecular complexity index is 723. The first-order chi connectivity index (χ1) is 10.4. The monoisotopic (exact) mass is 305 g/mol. The predicted molar refractivity (Wildman–Crippen MR) is 76.8 cm³/mol. The minimum absolute atomic E-state index is 0.143. The van der Waals surface area contributed by atoms with Crippen molar-refractivity contribution < 1.29 is 19.0 Å². The van der Waals surface area contributed by atoms with Crippen LogP contribution in [0.15, 0.2) is 22.7 Å². The molecule has 2 rings (SSSR count). The summed E-state index contributed by atoms with van der Waals surface area (Å²) < 4.78 is 10.1. The third-order valence-electron chi connectivity index (χ3n) is 3.11. The van der Waals surface area contributed by atoms with Crippen LogP contribution >= 0.6 is 0 Å². The zero-order chi connectivity index (χ0) is 16.3. The van der Waals surface area contributed by atoms with Crippen molar-refractivity contribution in [2.24, 2.45) is 0 Å². The number of nitro groups is 1. The molecule has 1 N–H and O–H groups in total. The van der Waals surface area contributed by atoms with Gasteiger partial charge in [-0.25, -0.2) is 0 Å². The number of benzene rings is 1. The van der Waals surface area contributed by atoms with E-state index in [1.54, 1.807) is 19.9 Å². The highest BCUT2D eigenvalue weighted by atomic mass is 16.6. The molecule has 0 fully saturated rings. The molecule has 0 saturated heterocycles. The van der Waals surface area contributed by atoms with Gasteiger partial charge in [-0.05, 0) is 19.9 Å². The summed E-state index contributed by atoms with van der Waals surface area (Å²) in [5.74, 6) is 0.324. The summed E-state index contributed by atoms with van der Waals surface area (Å²) >= 11 is 0. The lowest BCUT2D eigenvalue weighted by molar-refractivity contribution is -0.385. The fourth-order valence-electron chi connectivity index (χ4n) is 1.97. The van der Waals surface area contributed by atoms with E-state index in [9.17, 15) is 14.9 Å². The highest BCUT2D eigenvalue weighted by molar-refractivity contribution is 5.95. The molecule has 0 bridgehead atoms. The summed E-state index contributed by atoms with van der Waals surface area (Å²) in [6.45, 7) is 3.47. The summed E-state index contributed by atoms with van der Waals surface area (Å²) in [5, 5.41) is 17.4. The Kier molecular flexibility index (Phi) is 4.40. The number of aromatic nitrogens is 1. The quantitative estimate of drug-likeness (QED) is 0.669. The first-order valence-electron chi connectivity index (χ1n) is 6.45. The summed E-state index contributed by atoms with van der Waals surface area (Å²) in [7, 11) is 1.39. The van der Waals surface area contributed by atoms with Gasteiger partial charge in [-0.3, -0.25) is 14.9 Å². The molecule has 0 aliphatic carbocycles. The Morgan fingerprint density at radius 2 is 2.14 bits per heavy atom. The van der Waals surface area contributed by atoms with Crippen molar-refractivity contribution >= 4 is 11.6 Å². The first kappa shape index (κ1) is 15.5. The fourth-order valence-corrected chi connectivity index (χ4v) is 1.97. The smallest absolute Gasteiger partial charge is 0.276 e. The summed E-state index contributed by atoms with van der Waals surface area (Å²) in [4.78, 5) is 22.6. The molecule has 0 aliphatic heterocycles. The average Bonchev–Trinajstić information content (AvgIpc) is 2.90. The summed E-state index contributed by atoms with van der Waals surface area (Å²) in [5.41, 5.74) is 1.05. The Morgan fingerprint density at radius 1 is 1.41 bits per heavy atom. The summed E-state index contributed by atoms with van der Waals surface area (Å²) in [6.07, 6.45) is 0. The molecular formula is C14H15N3O5. The Labute approximate surface area is 126 Å². The van der Waals surface area contributed by atoms with Gasteiger partial charge in [0, 0.05) is 17.7 Å². The van der Waals surface area contributed by atoms with E-state index < -0.39 is 10.8 Å². The number of nitrogens with one attached hydrogen (secondary N) is 1. The molecule has 8 nitrogen and oxygen atoms in total. The number of rotatable bonds is 5. The van der Waals surface area contributed by atoms with Crippen molar-refractivity contribution in [1.82, 2.24) is 10.5 Å². The van der Waals surface area contributed by atoms with Crippen LogP contribution < -0.4 is 10.1 Å². The molecule has 0 unspecified atom stereocenters. The van der Waals surface area contributed by atoms with Crippen LogP contribution in [0.4, 0.5) is 5.69 Å². The number of ether oxygens (including phenoxy) is 1. The van der Waals surface area contributed by atoms with Crippen LogP contribution in [0.2, 0.25) is 0 Å². The second-order valence-electron chi connectivity index (χ2n) is 4.70. The van der Waals surface area contributed by atoms with E-state index >= 15 is 0 Å². The van der Waals surface area contributed by atoms with Crippen LogP contribution in [0.5, 0.6) is 5.75 Å². The molecule has 0 aliphatic rings. The highest BCUT2D eigenvalue weighted by Gasteiger charge is 2.20. The molecule has 0 saturated carbocycles. The molecule has 116 valence electrons. The van der Waals surface area contributed by atoms with Crippen LogP contribution in [0.25, 0.3) is 0 Å². The number of nitro benzene ring substituents is 1. The van der Waals surface area contributed by atoms with Gasteiger partial charge in [0.05, 0.1) is 29.8 Å². The van der Waals surface area contributed by atoms with Gasteiger partial charge < -0.3 is 14.6 Å². The maximum Gasteiger partial charge on any atom is 0.276 e. The van der Waals surface area contributed by atoms with Crippen molar-refractivity contribution in [3.05, 3.63) is 50.9 Å². The number of hydrogen-bond donors (Lipinski definition) is 1. The second kappa shape index (κ2) is 6.25. The zero-order valence-corrected chi connectivity index (χ0v) is 12.4.